The second kappa shape index (κ2) is 8.95. The van der Waals surface area contributed by atoms with Crippen molar-refractivity contribution in [2.75, 3.05) is 20.2 Å². The Morgan fingerprint density at radius 2 is 1.90 bits per heavy atom. The zero-order valence-electron chi connectivity index (χ0n) is 13.0. The van der Waals surface area contributed by atoms with Crippen LogP contribution in [0, 0.1) is 0 Å². The Morgan fingerprint density at radius 1 is 1.25 bits per heavy atom. The number of carbonyl (C=O) groups excluding carboxylic acids is 2. The van der Waals surface area contributed by atoms with Gasteiger partial charge in [0.2, 0.25) is 5.91 Å². The molecule has 116 valence electrons. The molecule has 1 heterocycles. The number of ether oxygens (including phenoxy) is 1. The summed E-state index contributed by atoms with van der Waals surface area (Å²) < 4.78 is 4.81. The van der Waals surface area contributed by atoms with Crippen LogP contribution in [0.25, 0.3) is 0 Å². The van der Waals surface area contributed by atoms with Crippen molar-refractivity contribution < 1.29 is 14.3 Å². The molecule has 1 N–H and O–H groups in total. The minimum Gasteiger partial charge on any atom is -0.468 e. The summed E-state index contributed by atoms with van der Waals surface area (Å²) in [7, 11) is 1.39. The molecular formula is C15H28N2O3. The number of amides is 1. The largest absolute Gasteiger partial charge is 0.468 e. The number of nitrogens with zero attached hydrogens (tertiary/aromatic N) is 1. The van der Waals surface area contributed by atoms with E-state index >= 15 is 0 Å². The molecule has 2 unspecified atom stereocenters. The highest BCUT2D eigenvalue weighted by Gasteiger charge is 2.27. The molecule has 1 aliphatic heterocycles. The Balaban J connectivity index is 2.52. The van der Waals surface area contributed by atoms with Crippen molar-refractivity contribution in [3.63, 3.8) is 0 Å². The molecule has 0 radical (unpaired) electrons. The van der Waals surface area contributed by atoms with Crippen molar-refractivity contribution in [2.24, 2.45) is 0 Å². The quantitative estimate of drug-likeness (QED) is 0.723. The summed E-state index contributed by atoms with van der Waals surface area (Å²) >= 11 is 0. The number of carbonyl (C=O) groups is 2. The highest BCUT2D eigenvalue weighted by molar-refractivity contribution is 5.83. The number of hydrogen-bond acceptors (Lipinski definition) is 4. The summed E-state index contributed by atoms with van der Waals surface area (Å²) in [6.45, 7) is 5.58. The van der Waals surface area contributed by atoms with Crippen molar-refractivity contribution in [2.45, 2.75) is 64.5 Å². The molecule has 5 nitrogen and oxygen atoms in total. The van der Waals surface area contributed by atoms with Crippen LogP contribution in [0.3, 0.4) is 0 Å². The van der Waals surface area contributed by atoms with Crippen molar-refractivity contribution >= 4 is 11.9 Å². The lowest BCUT2D eigenvalue weighted by Gasteiger charge is -2.30. The average molecular weight is 284 g/mol. The Labute approximate surface area is 122 Å². The minimum atomic E-state index is -0.385. The molecule has 0 aliphatic carbocycles. The van der Waals surface area contributed by atoms with E-state index in [0.29, 0.717) is 6.42 Å². The summed E-state index contributed by atoms with van der Waals surface area (Å²) in [5.74, 6) is -0.188. The van der Waals surface area contributed by atoms with Crippen LogP contribution in [-0.4, -0.2) is 49.1 Å². The molecule has 1 fully saturated rings. The van der Waals surface area contributed by atoms with E-state index < -0.39 is 0 Å². The van der Waals surface area contributed by atoms with Gasteiger partial charge in [0.1, 0.15) is 6.04 Å². The predicted molar refractivity (Wildman–Crippen MR) is 78.4 cm³/mol. The predicted octanol–water partition coefficient (Wildman–Crippen LogP) is 1.71. The van der Waals surface area contributed by atoms with Crippen molar-refractivity contribution in [1.82, 2.24) is 10.2 Å². The van der Waals surface area contributed by atoms with Crippen molar-refractivity contribution in [1.29, 1.82) is 0 Å². The number of hydrogen-bond donors (Lipinski definition) is 1. The molecule has 20 heavy (non-hydrogen) atoms. The zero-order chi connectivity index (χ0) is 15.0. The van der Waals surface area contributed by atoms with E-state index in [1.165, 1.54) is 13.5 Å². The summed E-state index contributed by atoms with van der Waals surface area (Å²) in [6.07, 6.45) is 6.03. The first-order valence-corrected chi connectivity index (χ1v) is 7.72. The molecule has 0 saturated carbocycles. The van der Waals surface area contributed by atoms with Crippen LogP contribution in [-0.2, 0) is 14.3 Å². The van der Waals surface area contributed by atoms with Gasteiger partial charge in [0.05, 0.1) is 13.2 Å². The van der Waals surface area contributed by atoms with Crippen molar-refractivity contribution in [3.8, 4) is 0 Å². The zero-order valence-corrected chi connectivity index (χ0v) is 13.0. The van der Waals surface area contributed by atoms with Gasteiger partial charge in [-0.2, -0.15) is 0 Å². The first-order chi connectivity index (χ1) is 9.60. The molecule has 1 saturated heterocycles. The molecule has 5 heteroatoms. The number of likely N-dealkylation sites (tertiary alicyclic amines) is 1. The van der Waals surface area contributed by atoms with Crippen LogP contribution in [0.4, 0.5) is 0 Å². The SMILES string of the molecule is CCCCC(NC(C)C(=O)N1CCCCC1)C(=O)OC. The Bertz CT molecular complexity index is 314. The van der Waals surface area contributed by atoms with Crippen LogP contribution < -0.4 is 5.32 Å². The smallest absolute Gasteiger partial charge is 0.322 e. The van der Waals surface area contributed by atoms with E-state index in [1.807, 2.05) is 11.8 Å². The van der Waals surface area contributed by atoms with Crippen LogP contribution in [0.1, 0.15) is 52.4 Å². The number of nitrogens with one attached hydrogen (secondary N) is 1. The van der Waals surface area contributed by atoms with E-state index in [-0.39, 0.29) is 24.0 Å². The van der Waals surface area contributed by atoms with Gasteiger partial charge in [-0.25, -0.2) is 0 Å². The molecule has 0 aromatic rings. The van der Waals surface area contributed by atoms with Crippen LogP contribution in [0.5, 0.6) is 0 Å². The Hall–Kier alpha value is -1.10. The van der Waals surface area contributed by atoms with Gasteiger partial charge in [0, 0.05) is 13.1 Å². The van der Waals surface area contributed by atoms with E-state index in [9.17, 15) is 9.59 Å². The standard InChI is InChI=1S/C15H28N2O3/c1-4-5-9-13(15(19)20-3)16-12(2)14(18)17-10-7-6-8-11-17/h12-13,16H,4-11H2,1-3H3. The topological polar surface area (TPSA) is 58.6 Å². The fourth-order valence-electron chi connectivity index (χ4n) is 2.58. The minimum absolute atomic E-state index is 0.0927. The number of unbranched alkanes of at least 4 members (excludes halogenated alkanes) is 1. The summed E-state index contributed by atoms with van der Waals surface area (Å²) in [5.41, 5.74) is 0. The molecule has 1 amide bonds. The van der Waals surface area contributed by atoms with Crippen molar-refractivity contribution in [3.05, 3.63) is 0 Å². The van der Waals surface area contributed by atoms with E-state index in [1.54, 1.807) is 0 Å². The highest BCUT2D eigenvalue weighted by atomic mass is 16.5. The Kier molecular flexibility index (Phi) is 7.59. The van der Waals surface area contributed by atoms with E-state index in [4.69, 9.17) is 4.74 Å². The molecule has 1 aliphatic rings. The third-order valence-corrected chi connectivity index (χ3v) is 3.82. The highest BCUT2D eigenvalue weighted by Crippen LogP contribution is 2.11. The van der Waals surface area contributed by atoms with Crippen LogP contribution in [0.15, 0.2) is 0 Å². The monoisotopic (exact) mass is 284 g/mol. The van der Waals surface area contributed by atoms with Gasteiger partial charge >= 0.3 is 5.97 Å². The molecule has 0 bridgehead atoms. The van der Waals surface area contributed by atoms with Gasteiger partial charge in [-0.1, -0.05) is 19.8 Å². The number of esters is 1. The molecule has 2 atom stereocenters. The first kappa shape index (κ1) is 17.0. The van der Waals surface area contributed by atoms with Gasteiger partial charge in [-0.05, 0) is 32.6 Å². The summed E-state index contributed by atoms with van der Waals surface area (Å²) in [6, 6.07) is -0.724. The maximum atomic E-state index is 12.3. The fraction of sp³-hybridized carbons (Fsp3) is 0.867. The number of methoxy groups -OCH3 is 1. The van der Waals surface area contributed by atoms with E-state index in [2.05, 4.69) is 12.2 Å². The third kappa shape index (κ3) is 5.12. The van der Waals surface area contributed by atoms with E-state index in [0.717, 1.165) is 38.8 Å². The molecule has 0 aromatic heterocycles. The molecule has 0 spiro atoms. The molecule has 0 aromatic carbocycles. The Morgan fingerprint density at radius 3 is 2.45 bits per heavy atom. The maximum Gasteiger partial charge on any atom is 0.322 e. The van der Waals surface area contributed by atoms with Gasteiger partial charge in [0.15, 0.2) is 0 Å². The summed E-state index contributed by atoms with van der Waals surface area (Å²) in [5, 5.41) is 3.13. The fourth-order valence-corrected chi connectivity index (χ4v) is 2.58. The van der Waals surface area contributed by atoms with Crippen LogP contribution in [0.2, 0.25) is 0 Å². The second-order valence-corrected chi connectivity index (χ2v) is 5.49. The first-order valence-electron chi connectivity index (χ1n) is 7.72. The van der Waals surface area contributed by atoms with Gasteiger partial charge in [-0.3, -0.25) is 14.9 Å². The maximum absolute atomic E-state index is 12.3. The second-order valence-electron chi connectivity index (χ2n) is 5.49. The third-order valence-electron chi connectivity index (χ3n) is 3.82. The lowest BCUT2D eigenvalue weighted by Crippen LogP contribution is -2.51. The normalized spacial score (nSPS) is 18.4. The van der Waals surface area contributed by atoms with Gasteiger partial charge in [0.25, 0.3) is 0 Å². The van der Waals surface area contributed by atoms with Gasteiger partial charge in [-0.15, -0.1) is 0 Å². The lowest BCUT2D eigenvalue weighted by molar-refractivity contribution is -0.144. The number of piperidine rings is 1. The summed E-state index contributed by atoms with van der Waals surface area (Å²) in [4.78, 5) is 26.0. The van der Waals surface area contributed by atoms with Gasteiger partial charge < -0.3 is 9.64 Å². The lowest BCUT2D eigenvalue weighted by atomic mass is 10.1. The molecular weight excluding hydrogens is 256 g/mol. The average Bonchev–Trinajstić information content (AvgIpc) is 2.50. The number of rotatable bonds is 7. The molecule has 1 rings (SSSR count). The van der Waals surface area contributed by atoms with Crippen LogP contribution >= 0.6 is 0 Å².